The van der Waals surface area contributed by atoms with Crippen LogP contribution in [0.4, 0.5) is 4.39 Å². The molecule has 1 aromatic heterocycles. The predicted octanol–water partition coefficient (Wildman–Crippen LogP) is 3.23. The Morgan fingerprint density at radius 3 is 2.76 bits per heavy atom. The highest BCUT2D eigenvalue weighted by atomic mass is 19.1. The van der Waals surface area contributed by atoms with Gasteiger partial charge in [-0.2, -0.15) is 5.26 Å². The molecular weight excluding hydrogens is 215 g/mol. The van der Waals surface area contributed by atoms with E-state index in [1.165, 1.54) is 12.1 Å². The number of aryl methyl sites for hydroxylation is 1. The number of nitrogens with zero attached hydrogens (tertiary/aromatic N) is 2. The number of hydrogen-bond acceptors (Lipinski definition) is 1. The van der Waals surface area contributed by atoms with Gasteiger partial charge in [0.05, 0.1) is 11.6 Å². The van der Waals surface area contributed by atoms with Crippen molar-refractivity contribution in [3.8, 4) is 6.07 Å². The third-order valence-electron chi connectivity index (χ3n) is 2.53. The van der Waals surface area contributed by atoms with Crippen LogP contribution < -0.4 is 0 Å². The van der Waals surface area contributed by atoms with Gasteiger partial charge in [-0.3, -0.25) is 0 Å². The summed E-state index contributed by atoms with van der Waals surface area (Å²) in [7, 11) is 1.90. The lowest BCUT2D eigenvalue weighted by Crippen LogP contribution is -1.89. The van der Waals surface area contributed by atoms with Crippen LogP contribution in [0.2, 0.25) is 0 Å². The fourth-order valence-corrected chi connectivity index (χ4v) is 1.61. The Kier molecular flexibility index (Phi) is 3.06. The van der Waals surface area contributed by atoms with Gasteiger partial charge in [0.2, 0.25) is 0 Å². The Labute approximate surface area is 99.2 Å². The maximum Gasteiger partial charge on any atom is 0.123 e. The van der Waals surface area contributed by atoms with Gasteiger partial charge in [-0.15, -0.1) is 0 Å². The molecule has 0 spiro atoms. The van der Waals surface area contributed by atoms with Gasteiger partial charge in [0.15, 0.2) is 0 Å². The van der Waals surface area contributed by atoms with Crippen LogP contribution in [0.15, 0.2) is 42.6 Å². The van der Waals surface area contributed by atoms with Crippen molar-refractivity contribution in [3.05, 3.63) is 59.7 Å². The molecule has 2 nitrogen and oxygen atoms in total. The van der Waals surface area contributed by atoms with Gasteiger partial charge in [0.25, 0.3) is 0 Å². The number of aromatic nitrogens is 1. The summed E-state index contributed by atoms with van der Waals surface area (Å²) in [5.74, 6) is -0.337. The Morgan fingerprint density at radius 2 is 2.18 bits per heavy atom. The summed E-state index contributed by atoms with van der Waals surface area (Å²) in [6.07, 6.45) is 3.64. The van der Waals surface area contributed by atoms with Gasteiger partial charge in [-0.25, -0.2) is 4.39 Å². The summed E-state index contributed by atoms with van der Waals surface area (Å²) in [6, 6.07) is 11.9. The molecule has 0 saturated heterocycles. The Bertz CT molecular complexity index is 603. The van der Waals surface area contributed by atoms with Crippen molar-refractivity contribution in [3.63, 3.8) is 0 Å². The molecule has 0 radical (unpaired) electrons. The second-order valence-electron chi connectivity index (χ2n) is 3.72. The van der Waals surface area contributed by atoms with E-state index in [-0.39, 0.29) is 5.82 Å². The van der Waals surface area contributed by atoms with Gasteiger partial charge in [-0.1, -0.05) is 12.1 Å². The third kappa shape index (κ3) is 2.43. The fourth-order valence-electron chi connectivity index (χ4n) is 1.61. The number of benzene rings is 1. The molecule has 0 aliphatic carbocycles. The van der Waals surface area contributed by atoms with Crippen molar-refractivity contribution < 1.29 is 4.39 Å². The number of allylic oxidation sites excluding steroid dienone is 1. The normalized spacial score (nSPS) is 11.2. The SMILES string of the molecule is Cn1cccc1/C=C(/C#N)c1cccc(F)c1. The molecule has 0 unspecified atom stereocenters. The van der Waals surface area contributed by atoms with E-state index >= 15 is 0 Å². The van der Waals surface area contributed by atoms with E-state index in [0.717, 1.165) is 5.69 Å². The predicted molar refractivity (Wildman–Crippen MR) is 65.3 cm³/mol. The molecule has 2 aromatic rings. The summed E-state index contributed by atoms with van der Waals surface area (Å²) in [6.45, 7) is 0. The zero-order valence-electron chi connectivity index (χ0n) is 9.39. The summed E-state index contributed by atoms with van der Waals surface area (Å²) in [5.41, 5.74) is 1.95. The molecule has 2 rings (SSSR count). The van der Waals surface area contributed by atoms with E-state index in [2.05, 4.69) is 6.07 Å². The first-order valence-corrected chi connectivity index (χ1v) is 5.20. The molecule has 0 amide bonds. The number of nitriles is 1. The lowest BCUT2D eigenvalue weighted by molar-refractivity contribution is 0.627. The van der Waals surface area contributed by atoms with Gasteiger partial charge in [0.1, 0.15) is 5.82 Å². The Morgan fingerprint density at radius 1 is 1.35 bits per heavy atom. The monoisotopic (exact) mass is 226 g/mol. The quantitative estimate of drug-likeness (QED) is 0.723. The summed E-state index contributed by atoms with van der Waals surface area (Å²) in [4.78, 5) is 0. The highest BCUT2D eigenvalue weighted by molar-refractivity contribution is 5.89. The van der Waals surface area contributed by atoms with Crippen molar-refractivity contribution >= 4 is 11.6 Å². The molecule has 0 aliphatic rings. The van der Waals surface area contributed by atoms with Crippen LogP contribution in [-0.4, -0.2) is 4.57 Å². The zero-order valence-corrected chi connectivity index (χ0v) is 9.39. The highest BCUT2D eigenvalue weighted by Crippen LogP contribution is 2.18. The molecule has 0 saturated carbocycles. The molecule has 0 atom stereocenters. The Hall–Kier alpha value is -2.34. The Balaban J connectivity index is 2.45. The molecule has 3 heteroatoms. The average molecular weight is 226 g/mol. The van der Waals surface area contributed by atoms with Crippen LogP contribution in [0.1, 0.15) is 11.3 Å². The number of rotatable bonds is 2. The van der Waals surface area contributed by atoms with Crippen molar-refractivity contribution in [2.24, 2.45) is 7.05 Å². The molecule has 17 heavy (non-hydrogen) atoms. The minimum atomic E-state index is -0.337. The smallest absolute Gasteiger partial charge is 0.123 e. The molecular formula is C14H11FN2. The van der Waals surface area contributed by atoms with Gasteiger partial charge < -0.3 is 4.57 Å². The first-order valence-electron chi connectivity index (χ1n) is 5.20. The standard InChI is InChI=1S/C14H11FN2/c1-17-7-3-6-14(17)9-12(10-16)11-4-2-5-13(15)8-11/h2-9H,1H3/b12-9-. The summed E-state index contributed by atoms with van der Waals surface area (Å²) >= 11 is 0. The largest absolute Gasteiger partial charge is 0.351 e. The average Bonchev–Trinajstić information content (AvgIpc) is 2.71. The van der Waals surface area contributed by atoms with Crippen LogP contribution in [0, 0.1) is 17.1 Å². The van der Waals surface area contributed by atoms with E-state index in [1.807, 2.05) is 29.9 Å². The molecule has 0 aliphatic heterocycles. The third-order valence-corrected chi connectivity index (χ3v) is 2.53. The summed E-state index contributed by atoms with van der Waals surface area (Å²) < 4.78 is 15.0. The van der Waals surface area contributed by atoms with Crippen LogP contribution in [0.25, 0.3) is 11.6 Å². The van der Waals surface area contributed by atoms with Crippen molar-refractivity contribution in [2.45, 2.75) is 0 Å². The van der Waals surface area contributed by atoms with Crippen LogP contribution in [0.5, 0.6) is 0 Å². The molecule has 84 valence electrons. The van der Waals surface area contributed by atoms with E-state index in [9.17, 15) is 4.39 Å². The minimum Gasteiger partial charge on any atom is -0.351 e. The van der Waals surface area contributed by atoms with Crippen LogP contribution in [-0.2, 0) is 7.05 Å². The van der Waals surface area contributed by atoms with E-state index in [1.54, 1.807) is 18.2 Å². The van der Waals surface area contributed by atoms with Crippen LogP contribution in [0.3, 0.4) is 0 Å². The first-order chi connectivity index (χ1) is 8.20. The van der Waals surface area contributed by atoms with Crippen molar-refractivity contribution in [1.29, 1.82) is 5.26 Å². The van der Waals surface area contributed by atoms with Crippen molar-refractivity contribution in [1.82, 2.24) is 4.57 Å². The molecule has 0 N–H and O–H groups in total. The molecule has 0 bridgehead atoms. The van der Waals surface area contributed by atoms with Crippen LogP contribution >= 0.6 is 0 Å². The zero-order chi connectivity index (χ0) is 12.3. The van der Waals surface area contributed by atoms with Gasteiger partial charge in [0, 0.05) is 18.9 Å². The first kappa shape index (κ1) is 11.2. The fraction of sp³-hybridized carbons (Fsp3) is 0.0714. The number of halogens is 1. The lowest BCUT2D eigenvalue weighted by atomic mass is 10.1. The van der Waals surface area contributed by atoms with Gasteiger partial charge in [-0.05, 0) is 35.9 Å². The summed E-state index contributed by atoms with van der Waals surface area (Å²) in [5, 5.41) is 9.11. The lowest BCUT2D eigenvalue weighted by Gasteiger charge is -2.01. The molecule has 0 fully saturated rings. The van der Waals surface area contributed by atoms with Gasteiger partial charge >= 0.3 is 0 Å². The minimum absolute atomic E-state index is 0.337. The maximum atomic E-state index is 13.1. The van der Waals surface area contributed by atoms with E-state index in [0.29, 0.717) is 11.1 Å². The molecule has 1 aromatic carbocycles. The topological polar surface area (TPSA) is 28.7 Å². The van der Waals surface area contributed by atoms with E-state index in [4.69, 9.17) is 5.26 Å². The highest BCUT2D eigenvalue weighted by Gasteiger charge is 2.03. The van der Waals surface area contributed by atoms with E-state index < -0.39 is 0 Å². The maximum absolute atomic E-state index is 13.1. The second kappa shape index (κ2) is 4.67. The second-order valence-corrected chi connectivity index (χ2v) is 3.72. The van der Waals surface area contributed by atoms with Crippen molar-refractivity contribution in [2.75, 3.05) is 0 Å². The number of hydrogen-bond donors (Lipinski definition) is 0. The molecule has 1 heterocycles.